The molecule has 1 amide bonds. The van der Waals surface area contributed by atoms with Crippen LogP contribution < -0.4 is 20.3 Å². The van der Waals surface area contributed by atoms with E-state index in [4.69, 9.17) is 9.47 Å². The number of likely N-dealkylation sites (tertiary alicyclic amines) is 1. The highest BCUT2D eigenvalue weighted by molar-refractivity contribution is 6.27. The van der Waals surface area contributed by atoms with Crippen molar-refractivity contribution in [3.63, 3.8) is 0 Å². The molecule has 3 aromatic rings. The minimum absolute atomic E-state index is 0.117. The summed E-state index contributed by atoms with van der Waals surface area (Å²) < 4.78 is 12.8. The van der Waals surface area contributed by atoms with Crippen LogP contribution in [0.15, 0.2) is 35.1 Å². The van der Waals surface area contributed by atoms with Crippen LogP contribution in [-0.2, 0) is 11.3 Å². The molecule has 1 aliphatic carbocycles. The first kappa shape index (κ1) is 20.9. The Bertz CT molecular complexity index is 1420. The number of hydrogen-bond donors (Lipinski definition) is 1. The molecule has 3 heterocycles. The van der Waals surface area contributed by atoms with Crippen molar-refractivity contribution in [2.24, 2.45) is 0 Å². The third-order valence-corrected chi connectivity index (χ3v) is 6.89. The quantitative estimate of drug-likeness (QED) is 0.492. The van der Waals surface area contributed by atoms with Crippen molar-refractivity contribution in [2.75, 3.05) is 31.7 Å². The van der Waals surface area contributed by atoms with Crippen LogP contribution in [0, 0.1) is 0 Å². The fourth-order valence-corrected chi connectivity index (χ4v) is 5.37. The average Bonchev–Trinajstić information content (AvgIpc) is 3.55. The average molecular weight is 460 g/mol. The summed E-state index contributed by atoms with van der Waals surface area (Å²) in [5.41, 5.74) is 2.75. The van der Waals surface area contributed by atoms with Crippen molar-refractivity contribution in [1.29, 1.82) is 0 Å². The first-order chi connectivity index (χ1) is 16.5. The molecule has 3 aliphatic rings. The SMILES string of the molecule is CC(=O)Nc1ccc2c3c(n(CCCN4CCCC4)c(=O)c2c1)-c1cc2c(cc1C3=O)OCO2. The molecule has 0 radical (unpaired) electrons. The number of pyridine rings is 1. The number of nitrogens with one attached hydrogen (secondary N) is 1. The molecule has 0 spiro atoms. The Morgan fingerprint density at radius 2 is 1.71 bits per heavy atom. The fraction of sp³-hybridized carbons (Fsp3) is 0.346. The van der Waals surface area contributed by atoms with E-state index in [1.807, 2.05) is 6.07 Å². The zero-order valence-corrected chi connectivity index (χ0v) is 19.0. The fourth-order valence-electron chi connectivity index (χ4n) is 5.37. The molecule has 0 saturated carbocycles. The summed E-state index contributed by atoms with van der Waals surface area (Å²) in [6.07, 6.45) is 3.23. The third kappa shape index (κ3) is 3.28. The second-order valence-corrected chi connectivity index (χ2v) is 9.10. The van der Waals surface area contributed by atoms with E-state index in [1.54, 1.807) is 28.8 Å². The third-order valence-electron chi connectivity index (χ3n) is 6.89. The smallest absolute Gasteiger partial charge is 0.259 e. The molecule has 1 saturated heterocycles. The van der Waals surface area contributed by atoms with Gasteiger partial charge in [-0.1, -0.05) is 6.07 Å². The highest BCUT2D eigenvalue weighted by Crippen LogP contribution is 2.46. The van der Waals surface area contributed by atoms with Gasteiger partial charge in [-0.2, -0.15) is 0 Å². The number of benzene rings is 2. The van der Waals surface area contributed by atoms with E-state index in [9.17, 15) is 14.4 Å². The number of fused-ring (bicyclic) bond motifs is 6. The van der Waals surface area contributed by atoms with E-state index >= 15 is 0 Å². The lowest BCUT2D eigenvalue weighted by Gasteiger charge is -2.18. The largest absolute Gasteiger partial charge is 0.454 e. The van der Waals surface area contributed by atoms with E-state index in [-0.39, 0.29) is 24.0 Å². The summed E-state index contributed by atoms with van der Waals surface area (Å²) >= 11 is 0. The van der Waals surface area contributed by atoms with Crippen molar-refractivity contribution < 1.29 is 19.1 Å². The molecule has 0 atom stereocenters. The lowest BCUT2D eigenvalue weighted by molar-refractivity contribution is -0.114. The number of carbonyl (C=O) groups is 2. The standard InChI is InChI=1S/C26H25N3O5/c1-15(30)27-16-5-6-17-20(11-16)26(32)29(10-4-9-28-7-2-3-8-28)24-18-12-21-22(34-14-33-21)13-19(18)25(31)23(17)24/h5-6,11-13H,2-4,7-10,14H2,1H3,(H,27,30). The van der Waals surface area contributed by atoms with Crippen molar-refractivity contribution >= 4 is 28.2 Å². The molecule has 174 valence electrons. The number of aromatic nitrogens is 1. The molecule has 0 bridgehead atoms. The Morgan fingerprint density at radius 1 is 0.971 bits per heavy atom. The summed E-state index contributed by atoms with van der Waals surface area (Å²) in [5.74, 6) is 0.773. The summed E-state index contributed by atoms with van der Waals surface area (Å²) in [6.45, 7) is 5.13. The van der Waals surface area contributed by atoms with Crippen LogP contribution in [0.25, 0.3) is 22.0 Å². The zero-order valence-electron chi connectivity index (χ0n) is 19.0. The maximum absolute atomic E-state index is 13.8. The van der Waals surface area contributed by atoms with Gasteiger partial charge in [-0.25, -0.2) is 0 Å². The van der Waals surface area contributed by atoms with Crippen LogP contribution in [0.4, 0.5) is 5.69 Å². The van der Waals surface area contributed by atoms with Crippen LogP contribution >= 0.6 is 0 Å². The summed E-state index contributed by atoms with van der Waals surface area (Å²) in [7, 11) is 0. The van der Waals surface area contributed by atoms with Crippen LogP contribution in [0.2, 0.25) is 0 Å². The second-order valence-electron chi connectivity index (χ2n) is 9.10. The van der Waals surface area contributed by atoms with Gasteiger partial charge in [0.25, 0.3) is 5.56 Å². The van der Waals surface area contributed by atoms with E-state index in [0.29, 0.717) is 56.9 Å². The summed E-state index contributed by atoms with van der Waals surface area (Å²) in [6, 6.07) is 8.67. The van der Waals surface area contributed by atoms with Gasteiger partial charge in [-0.05, 0) is 63.2 Å². The van der Waals surface area contributed by atoms with Gasteiger partial charge in [0, 0.05) is 35.7 Å². The first-order valence-electron chi connectivity index (χ1n) is 11.7. The van der Waals surface area contributed by atoms with Crippen LogP contribution in [0.1, 0.15) is 42.1 Å². The molecule has 8 heteroatoms. The Balaban J connectivity index is 1.52. The van der Waals surface area contributed by atoms with Crippen LogP contribution in [0.3, 0.4) is 0 Å². The number of anilines is 1. The van der Waals surface area contributed by atoms with E-state index in [1.165, 1.54) is 19.8 Å². The maximum atomic E-state index is 13.8. The molecule has 2 aromatic carbocycles. The Hall–Kier alpha value is -3.65. The number of amides is 1. The predicted octanol–water partition coefficient (Wildman–Crippen LogP) is 3.39. The molecule has 1 N–H and O–H groups in total. The van der Waals surface area contributed by atoms with Gasteiger partial charge in [-0.15, -0.1) is 0 Å². The molecular formula is C26H25N3O5. The lowest BCUT2D eigenvalue weighted by atomic mass is 10.0. The Kier molecular flexibility index (Phi) is 4.91. The molecule has 2 aliphatic heterocycles. The minimum atomic E-state index is -0.218. The molecule has 1 fully saturated rings. The van der Waals surface area contributed by atoms with Gasteiger partial charge in [0.05, 0.1) is 16.6 Å². The lowest BCUT2D eigenvalue weighted by Crippen LogP contribution is -2.27. The van der Waals surface area contributed by atoms with Gasteiger partial charge in [0.15, 0.2) is 17.3 Å². The van der Waals surface area contributed by atoms with Crippen molar-refractivity contribution in [1.82, 2.24) is 9.47 Å². The predicted molar refractivity (Wildman–Crippen MR) is 128 cm³/mol. The van der Waals surface area contributed by atoms with Crippen molar-refractivity contribution in [3.8, 4) is 22.8 Å². The number of ketones is 1. The van der Waals surface area contributed by atoms with E-state index in [0.717, 1.165) is 26.1 Å². The molecule has 34 heavy (non-hydrogen) atoms. The Morgan fingerprint density at radius 3 is 2.44 bits per heavy atom. The van der Waals surface area contributed by atoms with Gasteiger partial charge in [-0.3, -0.25) is 14.4 Å². The second kappa shape index (κ2) is 7.99. The molecule has 6 rings (SSSR count). The molecule has 1 aromatic heterocycles. The monoisotopic (exact) mass is 459 g/mol. The number of hydrogen-bond acceptors (Lipinski definition) is 6. The van der Waals surface area contributed by atoms with Crippen molar-refractivity contribution in [3.05, 3.63) is 51.8 Å². The number of carbonyl (C=O) groups excluding carboxylic acids is 2. The number of rotatable bonds is 5. The van der Waals surface area contributed by atoms with Crippen LogP contribution in [-0.4, -0.2) is 47.6 Å². The first-order valence-corrected chi connectivity index (χ1v) is 11.7. The van der Waals surface area contributed by atoms with Crippen LogP contribution in [0.5, 0.6) is 11.5 Å². The summed E-state index contributed by atoms with van der Waals surface area (Å²) in [5, 5.41) is 3.75. The number of ether oxygens (including phenoxy) is 2. The van der Waals surface area contributed by atoms with Gasteiger partial charge in [0.2, 0.25) is 12.7 Å². The van der Waals surface area contributed by atoms with Crippen molar-refractivity contribution in [2.45, 2.75) is 32.7 Å². The van der Waals surface area contributed by atoms with Gasteiger partial charge in [0.1, 0.15) is 0 Å². The normalized spacial score (nSPS) is 16.2. The minimum Gasteiger partial charge on any atom is -0.454 e. The highest BCUT2D eigenvalue weighted by atomic mass is 16.7. The van der Waals surface area contributed by atoms with Gasteiger partial charge < -0.3 is 24.3 Å². The van der Waals surface area contributed by atoms with Gasteiger partial charge >= 0.3 is 0 Å². The topological polar surface area (TPSA) is 89.9 Å². The number of nitrogens with zero attached hydrogens (tertiary/aromatic N) is 2. The zero-order chi connectivity index (χ0) is 23.4. The van der Waals surface area contributed by atoms with E-state index < -0.39 is 0 Å². The summed E-state index contributed by atoms with van der Waals surface area (Å²) in [4.78, 5) is 41.4. The molecule has 0 unspecified atom stereocenters. The highest BCUT2D eigenvalue weighted by Gasteiger charge is 2.35. The Labute approximate surface area is 196 Å². The maximum Gasteiger partial charge on any atom is 0.259 e. The van der Waals surface area contributed by atoms with E-state index in [2.05, 4.69) is 10.2 Å². The molecular weight excluding hydrogens is 434 g/mol. The molecule has 8 nitrogen and oxygen atoms in total.